The molecule has 0 radical (unpaired) electrons. The predicted molar refractivity (Wildman–Crippen MR) is 115 cm³/mol. The lowest BCUT2D eigenvalue weighted by Gasteiger charge is -2.04. The SMILES string of the molecule is CCn1cc([N+](=O)[O-])c(C(=O)NCc2cn(-c3ccccc3)nc2-c2ccccc2)n1. The Balaban J connectivity index is 1.64. The molecule has 0 aliphatic heterocycles. The van der Waals surface area contributed by atoms with Crippen molar-refractivity contribution in [2.75, 3.05) is 0 Å². The van der Waals surface area contributed by atoms with Gasteiger partial charge in [-0.2, -0.15) is 10.2 Å². The van der Waals surface area contributed by atoms with Gasteiger partial charge in [-0.25, -0.2) is 4.68 Å². The number of amides is 1. The number of aromatic nitrogens is 4. The van der Waals surface area contributed by atoms with Crippen LogP contribution in [0.3, 0.4) is 0 Å². The van der Waals surface area contributed by atoms with Gasteiger partial charge in [0.1, 0.15) is 6.20 Å². The summed E-state index contributed by atoms with van der Waals surface area (Å²) in [5.74, 6) is -0.606. The fourth-order valence-electron chi connectivity index (χ4n) is 3.22. The number of benzene rings is 2. The highest BCUT2D eigenvalue weighted by molar-refractivity contribution is 5.96. The number of rotatable bonds is 7. The minimum atomic E-state index is -0.606. The van der Waals surface area contributed by atoms with E-state index in [2.05, 4.69) is 10.4 Å². The highest BCUT2D eigenvalue weighted by atomic mass is 16.6. The van der Waals surface area contributed by atoms with Gasteiger partial charge in [0.25, 0.3) is 5.91 Å². The third-order valence-corrected chi connectivity index (χ3v) is 4.78. The fourth-order valence-corrected chi connectivity index (χ4v) is 3.22. The van der Waals surface area contributed by atoms with Gasteiger partial charge in [-0.1, -0.05) is 48.5 Å². The molecule has 2 aromatic heterocycles. The number of nitro groups is 1. The first kappa shape index (κ1) is 20.0. The zero-order chi connectivity index (χ0) is 21.8. The summed E-state index contributed by atoms with van der Waals surface area (Å²) in [6, 6.07) is 19.3. The maximum absolute atomic E-state index is 12.7. The molecule has 4 rings (SSSR count). The second-order valence-corrected chi connectivity index (χ2v) is 6.81. The van der Waals surface area contributed by atoms with Gasteiger partial charge in [0.2, 0.25) is 5.69 Å². The van der Waals surface area contributed by atoms with E-state index in [4.69, 9.17) is 5.10 Å². The molecule has 2 heterocycles. The van der Waals surface area contributed by atoms with Crippen LogP contribution in [0.2, 0.25) is 0 Å². The zero-order valence-corrected chi connectivity index (χ0v) is 16.8. The molecule has 0 saturated carbocycles. The Morgan fingerprint density at radius 3 is 2.35 bits per heavy atom. The van der Waals surface area contributed by atoms with Gasteiger partial charge in [0.15, 0.2) is 0 Å². The van der Waals surface area contributed by atoms with Crippen molar-refractivity contribution in [3.63, 3.8) is 0 Å². The number of carbonyl (C=O) groups excluding carboxylic acids is 1. The maximum atomic E-state index is 12.7. The first-order valence-electron chi connectivity index (χ1n) is 9.76. The molecular formula is C22H20N6O3. The van der Waals surface area contributed by atoms with Crippen LogP contribution < -0.4 is 5.32 Å². The van der Waals surface area contributed by atoms with Crippen LogP contribution in [0.5, 0.6) is 0 Å². The quantitative estimate of drug-likeness (QED) is 0.366. The lowest BCUT2D eigenvalue weighted by molar-refractivity contribution is -0.385. The number of nitrogens with zero attached hydrogens (tertiary/aromatic N) is 5. The van der Waals surface area contributed by atoms with Crippen LogP contribution in [0.15, 0.2) is 73.1 Å². The van der Waals surface area contributed by atoms with Crippen molar-refractivity contribution < 1.29 is 9.72 Å². The van der Waals surface area contributed by atoms with E-state index in [0.717, 1.165) is 22.5 Å². The standard InChI is InChI=1S/C22H20N6O3/c1-2-26-15-19(28(30)31)21(24-26)22(29)23-13-17-14-27(18-11-7-4-8-12-18)25-20(17)16-9-5-3-6-10-16/h3-12,14-15H,2,13H2,1H3,(H,23,29). The van der Waals surface area contributed by atoms with Crippen LogP contribution in [0.1, 0.15) is 23.0 Å². The van der Waals surface area contributed by atoms with E-state index in [1.54, 1.807) is 11.6 Å². The second kappa shape index (κ2) is 8.62. The summed E-state index contributed by atoms with van der Waals surface area (Å²) in [4.78, 5) is 23.4. The predicted octanol–water partition coefficient (Wildman–Crippen LogP) is 3.59. The van der Waals surface area contributed by atoms with Gasteiger partial charge in [0.05, 0.1) is 16.3 Å². The van der Waals surface area contributed by atoms with Crippen molar-refractivity contribution in [3.8, 4) is 16.9 Å². The van der Waals surface area contributed by atoms with Crippen molar-refractivity contribution >= 4 is 11.6 Å². The monoisotopic (exact) mass is 416 g/mol. The summed E-state index contributed by atoms with van der Waals surface area (Å²) in [5.41, 5.74) is 2.77. The largest absolute Gasteiger partial charge is 0.346 e. The molecule has 9 nitrogen and oxygen atoms in total. The topological polar surface area (TPSA) is 108 Å². The molecule has 31 heavy (non-hydrogen) atoms. The molecule has 0 unspecified atom stereocenters. The van der Waals surface area contributed by atoms with Gasteiger partial charge in [-0.05, 0) is 19.1 Å². The Morgan fingerprint density at radius 1 is 1.03 bits per heavy atom. The maximum Gasteiger partial charge on any atom is 0.320 e. The zero-order valence-electron chi connectivity index (χ0n) is 16.8. The average Bonchev–Trinajstić information content (AvgIpc) is 3.43. The Bertz CT molecular complexity index is 1210. The van der Waals surface area contributed by atoms with Crippen molar-refractivity contribution in [2.24, 2.45) is 0 Å². The number of nitrogens with one attached hydrogen (secondary N) is 1. The van der Waals surface area contributed by atoms with Gasteiger partial charge >= 0.3 is 5.69 Å². The highest BCUT2D eigenvalue weighted by Crippen LogP contribution is 2.24. The van der Waals surface area contributed by atoms with Crippen LogP contribution in [0.4, 0.5) is 5.69 Å². The van der Waals surface area contributed by atoms with Gasteiger partial charge < -0.3 is 5.32 Å². The van der Waals surface area contributed by atoms with Gasteiger partial charge in [0, 0.05) is 30.4 Å². The Labute approximate surface area is 178 Å². The molecule has 4 aromatic rings. The molecule has 0 saturated heterocycles. The molecule has 9 heteroatoms. The molecular weight excluding hydrogens is 396 g/mol. The number of para-hydroxylation sites is 1. The highest BCUT2D eigenvalue weighted by Gasteiger charge is 2.25. The fraction of sp³-hybridized carbons (Fsp3) is 0.136. The molecule has 1 amide bonds. The molecule has 0 spiro atoms. The lowest BCUT2D eigenvalue weighted by Crippen LogP contribution is -2.24. The summed E-state index contributed by atoms with van der Waals surface area (Å²) in [5, 5.41) is 22.8. The third kappa shape index (κ3) is 4.20. The van der Waals surface area contributed by atoms with Gasteiger partial charge in [-0.15, -0.1) is 0 Å². The van der Waals surface area contributed by atoms with Crippen LogP contribution in [0, 0.1) is 10.1 Å². The average molecular weight is 416 g/mol. The molecule has 0 aliphatic carbocycles. The normalized spacial score (nSPS) is 10.7. The van der Waals surface area contributed by atoms with E-state index in [0.29, 0.717) is 6.54 Å². The van der Waals surface area contributed by atoms with E-state index in [9.17, 15) is 14.9 Å². The van der Waals surface area contributed by atoms with Crippen LogP contribution in [-0.4, -0.2) is 30.4 Å². The molecule has 0 bridgehead atoms. The molecule has 1 N–H and O–H groups in total. The van der Waals surface area contributed by atoms with Crippen molar-refractivity contribution in [1.82, 2.24) is 24.9 Å². The summed E-state index contributed by atoms with van der Waals surface area (Å²) in [6.45, 7) is 2.37. The summed E-state index contributed by atoms with van der Waals surface area (Å²) in [7, 11) is 0. The number of aryl methyl sites for hydroxylation is 1. The number of hydrogen-bond acceptors (Lipinski definition) is 5. The Morgan fingerprint density at radius 2 is 1.71 bits per heavy atom. The first-order chi connectivity index (χ1) is 15.1. The van der Waals surface area contributed by atoms with Crippen molar-refractivity contribution in [1.29, 1.82) is 0 Å². The van der Waals surface area contributed by atoms with E-state index in [-0.39, 0.29) is 17.9 Å². The van der Waals surface area contributed by atoms with E-state index >= 15 is 0 Å². The minimum absolute atomic E-state index is 0.145. The Kier molecular flexibility index (Phi) is 5.57. The minimum Gasteiger partial charge on any atom is -0.346 e. The molecule has 156 valence electrons. The molecule has 0 fully saturated rings. The second-order valence-electron chi connectivity index (χ2n) is 6.81. The van der Waals surface area contributed by atoms with Crippen molar-refractivity contribution in [2.45, 2.75) is 20.0 Å². The molecule has 0 atom stereocenters. The summed E-state index contributed by atoms with van der Waals surface area (Å²) < 4.78 is 3.12. The third-order valence-electron chi connectivity index (χ3n) is 4.78. The summed E-state index contributed by atoms with van der Waals surface area (Å²) >= 11 is 0. The van der Waals surface area contributed by atoms with Crippen LogP contribution >= 0.6 is 0 Å². The summed E-state index contributed by atoms with van der Waals surface area (Å²) in [6.07, 6.45) is 3.11. The molecule has 2 aromatic carbocycles. The van der Waals surface area contributed by atoms with Crippen LogP contribution in [-0.2, 0) is 13.1 Å². The van der Waals surface area contributed by atoms with E-state index in [1.165, 1.54) is 10.9 Å². The Hall–Kier alpha value is -4.27. The van der Waals surface area contributed by atoms with Crippen molar-refractivity contribution in [3.05, 3.63) is 94.4 Å². The molecule has 0 aliphatic rings. The number of hydrogen-bond donors (Lipinski definition) is 1. The lowest BCUT2D eigenvalue weighted by atomic mass is 10.1. The van der Waals surface area contributed by atoms with E-state index < -0.39 is 10.8 Å². The van der Waals surface area contributed by atoms with Crippen LogP contribution in [0.25, 0.3) is 16.9 Å². The van der Waals surface area contributed by atoms with Gasteiger partial charge in [-0.3, -0.25) is 19.6 Å². The number of carbonyl (C=O) groups is 1. The smallest absolute Gasteiger partial charge is 0.320 e. The van der Waals surface area contributed by atoms with E-state index in [1.807, 2.05) is 66.9 Å². The first-order valence-corrected chi connectivity index (χ1v) is 9.76.